The molecule has 0 heterocycles. The lowest BCUT2D eigenvalue weighted by atomic mass is 9.75. The third kappa shape index (κ3) is 5.25. The number of hydrogen-bond donors (Lipinski definition) is 8. The van der Waals surface area contributed by atoms with Crippen LogP contribution in [0.4, 0.5) is 0 Å². The molecule has 0 saturated carbocycles. The molecule has 4 unspecified atom stereocenters. The van der Waals surface area contributed by atoms with Crippen molar-refractivity contribution in [3.05, 3.63) is 135 Å². The van der Waals surface area contributed by atoms with Crippen LogP contribution in [-0.4, -0.2) is 38.0 Å². The average Bonchev–Trinajstić information content (AvgIpc) is 3.09. The van der Waals surface area contributed by atoms with Crippen LogP contribution in [0.3, 0.4) is 0 Å². The van der Waals surface area contributed by atoms with Crippen molar-refractivity contribution in [1.82, 2.24) is 0 Å². The molecule has 4 aromatic rings. The van der Waals surface area contributed by atoms with E-state index in [1.807, 2.05) is 0 Å². The Morgan fingerprint density at radius 2 is 0.942 bits per heavy atom. The van der Waals surface area contributed by atoms with E-state index in [0.29, 0.717) is 11.1 Å². The Morgan fingerprint density at radius 1 is 0.635 bits per heavy atom. The van der Waals surface area contributed by atoms with Crippen LogP contribution in [0.15, 0.2) is 112 Å². The highest BCUT2D eigenvalue weighted by Gasteiger charge is 2.60. The first-order chi connectivity index (χ1) is 25.3. The van der Waals surface area contributed by atoms with Gasteiger partial charge in [0, 0.05) is 40.1 Å². The zero-order valence-corrected chi connectivity index (χ0v) is 34.0. The first-order valence-corrected chi connectivity index (χ1v) is 20.7. The maximum absolute atomic E-state index is 13.7. The summed E-state index contributed by atoms with van der Waals surface area (Å²) in [6.07, 6.45) is 0. The summed E-state index contributed by atoms with van der Waals surface area (Å²) < 4.78 is 87.5. The summed E-state index contributed by atoms with van der Waals surface area (Å²) in [7, 11) is -10.4. The van der Waals surface area contributed by atoms with Crippen molar-refractivity contribution in [2.75, 3.05) is 0 Å². The summed E-state index contributed by atoms with van der Waals surface area (Å²) >= 11 is 14.0. The minimum atomic E-state index is -5.18. The molecule has 270 valence electrons. The van der Waals surface area contributed by atoms with Crippen molar-refractivity contribution in [3.8, 4) is 11.1 Å². The minimum absolute atomic E-state index is 0.0239. The summed E-state index contributed by atoms with van der Waals surface area (Å²) in [6, 6.07) is 15.2. The van der Waals surface area contributed by atoms with E-state index in [0.717, 1.165) is 0 Å². The Kier molecular flexibility index (Phi) is 9.16. The number of fused-ring (bicyclic) bond motifs is 2. The van der Waals surface area contributed by atoms with Crippen LogP contribution in [0.2, 0.25) is 2.82 Å². The molecule has 52 heavy (non-hydrogen) atoms. The summed E-state index contributed by atoms with van der Waals surface area (Å²) in [5.74, 6) is 0. The molecule has 2 aliphatic rings. The molecule has 2 aliphatic carbocycles. The van der Waals surface area contributed by atoms with Crippen LogP contribution in [-0.2, 0) is 29.7 Å². The molecule has 20 heteroatoms. The van der Waals surface area contributed by atoms with E-state index >= 15 is 0 Å². The van der Waals surface area contributed by atoms with Gasteiger partial charge in [-0.25, -0.2) is 11.0 Å². The van der Waals surface area contributed by atoms with Crippen molar-refractivity contribution in [2.45, 2.75) is 21.6 Å². The van der Waals surface area contributed by atoms with Gasteiger partial charge in [-0.2, -0.15) is 27.1 Å². The Morgan fingerprint density at radius 3 is 1.23 bits per heavy atom. The quantitative estimate of drug-likeness (QED) is 0.0719. The highest BCUT2D eigenvalue weighted by molar-refractivity contribution is 9.11. The number of nitrogens with zero attached hydrogens (tertiary/aromatic N) is 2. The number of hydrogen-bond acceptors (Lipinski definition) is 12. The second-order valence-corrected chi connectivity index (χ2v) is 18.5. The SMILES string of the molecule is [H]/N=N/C1=C(N)c2ccccc2C(c2c(Br)cc(-c3cc(Br)c(C4(S(=O)(=O)O)c5ccccc5C(N)=C(/N=N/[H])C4N)c(Br)c3)cc2Br)(S(=O)(=O)O)C1N. The Labute approximate surface area is 334 Å². The number of rotatable bonds is 7. The molecular weight excluding hydrogens is 976 g/mol. The maximum atomic E-state index is 13.7. The van der Waals surface area contributed by atoms with Gasteiger partial charge in [-0.05, 0) is 46.5 Å². The Balaban J connectivity index is 1.61. The average molecular weight is 1000 g/mol. The summed E-state index contributed by atoms with van der Waals surface area (Å²) in [5.41, 5.74) is 32.8. The van der Waals surface area contributed by atoms with E-state index in [2.05, 4.69) is 85.0 Å². The van der Waals surface area contributed by atoms with Crippen LogP contribution in [0.25, 0.3) is 22.5 Å². The molecule has 4 atom stereocenters. The second-order valence-electron chi connectivity index (χ2n) is 11.9. The normalized spacial score (nSPS) is 24.2. The standard InChI is InChI=1S/C32H26Br4N8O6S2/c33-19-9-13(10-20(34)23(19)31(51(45,46)47)17-7-3-1-5-15(17)25(37)27(43-41)29(31)39)14-11-21(35)24(22(36)12-14)32(52(48,49)50)18-8-4-2-6-16(18)26(38)28(44-42)30(32)40/h1-12,29-30,41-42H,37-40H2,(H,45,46,47)(H,48,49,50)/b43-41+,44-42+. The maximum Gasteiger partial charge on any atom is 0.281 e. The fourth-order valence-electron chi connectivity index (χ4n) is 7.27. The Hall–Kier alpha value is -3.18. The molecule has 0 aliphatic heterocycles. The van der Waals surface area contributed by atoms with Gasteiger partial charge in [0.1, 0.15) is 11.4 Å². The van der Waals surface area contributed by atoms with Crippen molar-refractivity contribution >= 4 is 95.4 Å². The Bertz CT molecular complexity index is 2410. The topological polar surface area (TPSA) is 285 Å². The zero-order chi connectivity index (χ0) is 39.7. The van der Waals surface area contributed by atoms with E-state index in [1.165, 1.54) is 24.3 Å². The van der Waals surface area contributed by atoms with Gasteiger partial charge < -0.3 is 22.9 Å². The molecule has 0 spiro atoms. The molecule has 0 saturated heterocycles. The summed E-state index contributed by atoms with van der Waals surface area (Å²) in [6.45, 7) is 0. The van der Waals surface area contributed by atoms with Crippen molar-refractivity contribution in [3.63, 3.8) is 0 Å². The third-order valence-electron chi connectivity index (χ3n) is 9.44. The molecule has 0 amide bonds. The van der Waals surface area contributed by atoms with Crippen LogP contribution in [0, 0.1) is 11.0 Å². The first-order valence-electron chi connectivity index (χ1n) is 15.6. The number of nitrogens with one attached hydrogen (secondary N) is 2. The van der Waals surface area contributed by atoms with Crippen LogP contribution in [0.1, 0.15) is 33.4 Å². The largest absolute Gasteiger partial charge is 0.397 e. The highest BCUT2D eigenvalue weighted by Crippen LogP contribution is 2.55. The molecule has 0 aromatic heterocycles. The fraction of sp³-hybridized carbons (Fsp3) is 0.125. The van der Waals surface area contributed by atoms with Gasteiger partial charge in [-0.1, -0.05) is 112 Å². The fourth-order valence-corrected chi connectivity index (χ4v) is 14.2. The van der Waals surface area contributed by atoms with Crippen molar-refractivity contribution in [1.29, 1.82) is 11.0 Å². The number of benzene rings is 4. The van der Waals surface area contributed by atoms with Gasteiger partial charge in [0.15, 0.2) is 9.49 Å². The zero-order valence-electron chi connectivity index (χ0n) is 28.0. The van der Waals surface area contributed by atoms with E-state index in [9.17, 15) is 25.9 Å². The van der Waals surface area contributed by atoms with E-state index < -0.39 is 41.8 Å². The smallest absolute Gasteiger partial charge is 0.281 e. The first kappa shape index (κ1) is 35.8. The predicted octanol–water partition coefficient (Wildman–Crippen LogP) is 6.66. The lowest BCUT2D eigenvalue weighted by molar-refractivity contribution is 0.421. The van der Waals surface area contributed by atoms with Crippen LogP contribution < -0.4 is 22.9 Å². The molecule has 14 nitrogen and oxygen atoms in total. The molecular formula is C32H26Br4N8O6S2. The van der Waals surface area contributed by atoms with E-state index in [1.54, 1.807) is 48.5 Å². The third-order valence-corrected chi connectivity index (χ3v) is 14.9. The van der Waals surface area contributed by atoms with Gasteiger partial charge >= 0.3 is 0 Å². The van der Waals surface area contributed by atoms with Gasteiger partial charge in [0.25, 0.3) is 20.2 Å². The molecule has 0 fully saturated rings. The van der Waals surface area contributed by atoms with Crippen molar-refractivity contribution < 1.29 is 28.8 Å². The summed E-state index contributed by atoms with van der Waals surface area (Å²) in [4.78, 5) is 0. The van der Waals surface area contributed by atoms with Gasteiger partial charge in [-0.15, -0.1) is 0 Å². The number of halogens is 4. The number of nitrogens with two attached hydrogens (primary N) is 4. The minimum Gasteiger partial charge on any atom is -0.397 e. The van der Waals surface area contributed by atoms with E-state index in [-0.39, 0.29) is 74.1 Å². The van der Waals surface area contributed by atoms with Gasteiger partial charge in [0.2, 0.25) is 2.82 Å². The molecule has 4 aromatic carbocycles. The lowest BCUT2D eigenvalue weighted by Crippen LogP contribution is -2.55. The van der Waals surface area contributed by atoms with E-state index in [4.69, 9.17) is 25.8 Å². The lowest BCUT2D eigenvalue weighted by Gasteiger charge is -2.42. The molecule has 12 N–H and O–H groups in total. The molecule has 0 bridgehead atoms. The monoisotopic (exact) mass is 998 g/mol. The highest BCUT2D eigenvalue weighted by atomic mass is 79.9. The van der Waals surface area contributed by atoms with Gasteiger partial charge in [-0.3, -0.25) is 9.11 Å². The van der Waals surface area contributed by atoms with Crippen molar-refractivity contribution in [2.24, 2.45) is 33.2 Å². The predicted molar refractivity (Wildman–Crippen MR) is 209 cm³/mol. The van der Waals surface area contributed by atoms with Crippen LogP contribution >= 0.6 is 63.7 Å². The van der Waals surface area contributed by atoms with Crippen LogP contribution in [0.5, 0.6) is 0 Å². The second kappa shape index (κ2) is 13.3. The molecule has 6 rings (SSSR count). The molecule has 0 radical (unpaired) electrons. The summed E-state index contributed by atoms with van der Waals surface area (Å²) in [5, 5.41) is 7.47. The van der Waals surface area contributed by atoms with Gasteiger partial charge in [0.05, 0.1) is 23.5 Å².